The summed E-state index contributed by atoms with van der Waals surface area (Å²) >= 11 is 0. The Morgan fingerprint density at radius 2 is 1.28 bits per heavy atom. The van der Waals surface area contributed by atoms with E-state index in [0.717, 1.165) is 52.5 Å². The molecule has 1 spiro atoms. The summed E-state index contributed by atoms with van der Waals surface area (Å²) in [7, 11) is 0. The predicted molar refractivity (Wildman–Crippen MR) is 184 cm³/mol. The van der Waals surface area contributed by atoms with Crippen molar-refractivity contribution >= 4 is 28.7 Å². The molecule has 0 bridgehead atoms. The Labute approximate surface area is 270 Å². The van der Waals surface area contributed by atoms with Gasteiger partial charge in [0.25, 0.3) is 0 Å². The summed E-state index contributed by atoms with van der Waals surface area (Å²) in [5, 5.41) is 0. The highest BCUT2D eigenvalue weighted by Gasteiger charge is 2.54. The fraction of sp³-hybridized carbons (Fsp3) is 0.225. The van der Waals surface area contributed by atoms with E-state index in [4.69, 9.17) is 14.2 Å². The maximum absolute atomic E-state index is 13.6. The summed E-state index contributed by atoms with van der Waals surface area (Å²) in [5.74, 6) is 1.56. The van der Waals surface area contributed by atoms with Crippen LogP contribution in [0.1, 0.15) is 58.9 Å². The van der Waals surface area contributed by atoms with Crippen LogP contribution in [0.4, 0.5) is 22.7 Å². The number of fused-ring (bicyclic) bond motifs is 6. The van der Waals surface area contributed by atoms with Crippen molar-refractivity contribution in [2.24, 2.45) is 0 Å². The zero-order chi connectivity index (χ0) is 32.0. The number of hydrogen-bond acceptors (Lipinski definition) is 6. The highest BCUT2D eigenvalue weighted by molar-refractivity contribution is 5.97. The third-order valence-corrected chi connectivity index (χ3v) is 9.03. The molecule has 46 heavy (non-hydrogen) atoms. The molecule has 5 aromatic carbocycles. The molecule has 6 heteroatoms. The van der Waals surface area contributed by atoms with E-state index in [9.17, 15) is 4.79 Å². The number of esters is 1. The molecule has 2 aliphatic rings. The normalized spacial score (nSPS) is 15.8. The number of hydrogen-bond donors (Lipinski definition) is 0. The highest BCUT2D eigenvalue weighted by atomic mass is 16.6. The molecule has 5 aromatic rings. The van der Waals surface area contributed by atoms with E-state index in [1.165, 1.54) is 11.1 Å². The minimum atomic E-state index is -1.20. The minimum Gasteiger partial charge on any atom is -0.492 e. The molecule has 0 radical (unpaired) electrons. The smallest absolute Gasteiger partial charge is 0.340 e. The summed E-state index contributed by atoms with van der Waals surface area (Å²) in [6.45, 7) is 12.6. The van der Waals surface area contributed by atoms with E-state index in [2.05, 4.69) is 110 Å². The van der Waals surface area contributed by atoms with Crippen LogP contribution in [-0.2, 0) is 10.3 Å². The van der Waals surface area contributed by atoms with E-state index in [1.807, 2.05) is 37.3 Å². The molecule has 7 rings (SSSR count). The summed E-state index contributed by atoms with van der Waals surface area (Å²) < 4.78 is 19.7. The second-order valence-corrected chi connectivity index (χ2v) is 11.8. The van der Waals surface area contributed by atoms with Crippen LogP contribution >= 0.6 is 0 Å². The van der Waals surface area contributed by atoms with Crippen molar-refractivity contribution in [3.8, 4) is 17.2 Å². The van der Waals surface area contributed by atoms with Crippen molar-refractivity contribution in [2.75, 3.05) is 29.5 Å². The summed E-state index contributed by atoms with van der Waals surface area (Å²) in [6, 6.07) is 34.8. The lowest BCUT2D eigenvalue weighted by atomic mass is 9.77. The Morgan fingerprint density at radius 3 is 1.91 bits per heavy atom. The van der Waals surface area contributed by atoms with Gasteiger partial charge in [0.2, 0.25) is 0 Å². The largest absolute Gasteiger partial charge is 0.492 e. The molecule has 2 aliphatic heterocycles. The van der Waals surface area contributed by atoms with Crippen LogP contribution in [-0.4, -0.2) is 25.7 Å². The van der Waals surface area contributed by atoms with Crippen LogP contribution in [0.5, 0.6) is 17.2 Å². The van der Waals surface area contributed by atoms with Crippen LogP contribution in [0, 0.1) is 13.8 Å². The third kappa shape index (κ3) is 4.67. The fourth-order valence-corrected chi connectivity index (χ4v) is 6.72. The molecule has 232 valence electrons. The number of carbonyl (C=O) groups excluding carboxylic acids is 1. The first-order chi connectivity index (χ1) is 22.4. The molecule has 0 fully saturated rings. The maximum atomic E-state index is 13.6. The molecule has 1 unspecified atom stereocenters. The number of rotatable bonds is 8. The van der Waals surface area contributed by atoms with Crippen molar-refractivity contribution in [3.63, 3.8) is 0 Å². The van der Waals surface area contributed by atoms with E-state index in [-0.39, 0.29) is 5.97 Å². The van der Waals surface area contributed by atoms with E-state index in [1.54, 1.807) is 0 Å². The van der Waals surface area contributed by atoms with Gasteiger partial charge in [-0.05, 0) is 83.1 Å². The zero-order valence-electron chi connectivity index (χ0n) is 27.0. The Bertz CT molecular complexity index is 1880. The van der Waals surface area contributed by atoms with Crippen LogP contribution in [0.2, 0.25) is 0 Å². The summed E-state index contributed by atoms with van der Waals surface area (Å²) in [6.07, 6.45) is 0. The van der Waals surface area contributed by atoms with Gasteiger partial charge in [0.1, 0.15) is 17.2 Å². The van der Waals surface area contributed by atoms with Gasteiger partial charge >= 0.3 is 5.97 Å². The Hall–Kier alpha value is -5.23. The quantitative estimate of drug-likeness (QED) is 0.163. The van der Waals surface area contributed by atoms with E-state index in [0.29, 0.717) is 29.4 Å². The van der Waals surface area contributed by atoms with Crippen molar-refractivity contribution < 1.29 is 19.0 Å². The van der Waals surface area contributed by atoms with Crippen molar-refractivity contribution in [1.82, 2.24) is 0 Å². The van der Waals surface area contributed by atoms with Crippen LogP contribution in [0.15, 0.2) is 103 Å². The van der Waals surface area contributed by atoms with Gasteiger partial charge in [-0.2, -0.15) is 0 Å². The lowest BCUT2D eigenvalue weighted by Crippen LogP contribution is -2.33. The van der Waals surface area contributed by atoms with E-state index >= 15 is 0 Å². The first kappa shape index (κ1) is 29.5. The van der Waals surface area contributed by atoms with Gasteiger partial charge in [0.05, 0.1) is 17.9 Å². The lowest BCUT2D eigenvalue weighted by Gasteiger charge is -2.38. The van der Waals surface area contributed by atoms with Gasteiger partial charge in [-0.3, -0.25) is 0 Å². The van der Waals surface area contributed by atoms with Gasteiger partial charge in [-0.15, -0.1) is 0 Å². The molecule has 1 atom stereocenters. The second kappa shape index (κ2) is 11.6. The van der Waals surface area contributed by atoms with Crippen LogP contribution in [0.3, 0.4) is 0 Å². The summed E-state index contributed by atoms with van der Waals surface area (Å²) in [5.41, 5.74) is 7.86. The van der Waals surface area contributed by atoms with Gasteiger partial charge in [0, 0.05) is 59.0 Å². The number of benzene rings is 5. The molecule has 0 saturated carbocycles. The molecule has 2 heterocycles. The van der Waals surface area contributed by atoms with Crippen LogP contribution < -0.4 is 19.3 Å². The standard InChI is InChI=1S/C40H38N2O4/c1-6-41(7-2)30-21-22-33-36(23-30)45-37-25-38(44-8-3)35(24-34(37)40(33)32-12-10-9-11-31(32)39(43)46-40)42(28-17-13-26(4)14-18-28)29-19-15-27(5)16-20-29/h9-25H,6-8H2,1-5H3. The molecule has 0 N–H and O–H groups in total. The van der Waals surface area contributed by atoms with Crippen LogP contribution in [0.25, 0.3) is 0 Å². The van der Waals surface area contributed by atoms with E-state index < -0.39 is 5.60 Å². The third-order valence-electron chi connectivity index (χ3n) is 9.03. The molecular weight excluding hydrogens is 572 g/mol. The van der Waals surface area contributed by atoms with Crippen molar-refractivity contribution in [1.29, 1.82) is 0 Å². The number of ether oxygens (including phenoxy) is 3. The van der Waals surface area contributed by atoms with Crippen molar-refractivity contribution in [2.45, 2.75) is 40.2 Å². The SMILES string of the molecule is CCOc1cc2c(cc1N(c1ccc(C)cc1)c1ccc(C)cc1)C1(OC(=O)c3ccccc31)c1ccc(N(CC)CC)cc1O2. The molecule has 0 saturated heterocycles. The highest BCUT2D eigenvalue weighted by Crippen LogP contribution is 2.59. The first-order valence-electron chi connectivity index (χ1n) is 16.0. The zero-order valence-corrected chi connectivity index (χ0v) is 27.0. The second-order valence-electron chi connectivity index (χ2n) is 11.8. The Morgan fingerprint density at radius 1 is 0.674 bits per heavy atom. The topological polar surface area (TPSA) is 51.2 Å². The van der Waals surface area contributed by atoms with Gasteiger partial charge in [0.15, 0.2) is 5.60 Å². The maximum Gasteiger partial charge on any atom is 0.340 e. The van der Waals surface area contributed by atoms with Crippen molar-refractivity contribution in [3.05, 3.63) is 137 Å². The molecule has 0 aliphatic carbocycles. The molecule has 0 aromatic heterocycles. The summed E-state index contributed by atoms with van der Waals surface area (Å²) in [4.78, 5) is 18.1. The number of aryl methyl sites for hydroxylation is 2. The number of nitrogens with zero attached hydrogens (tertiary/aromatic N) is 2. The van der Waals surface area contributed by atoms with Gasteiger partial charge in [-0.1, -0.05) is 53.6 Å². The van der Waals surface area contributed by atoms with Gasteiger partial charge < -0.3 is 24.0 Å². The molecule has 6 nitrogen and oxygen atoms in total. The first-order valence-corrected chi connectivity index (χ1v) is 16.0. The predicted octanol–water partition coefficient (Wildman–Crippen LogP) is 9.59. The molecular formula is C40H38N2O4. The average molecular weight is 611 g/mol. The monoisotopic (exact) mass is 610 g/mol. The number of carbonyl (C=O) groups is 1. The number of anilines is 4. The minimum absolute atomic E-state index is 0.355. The Kier molecular flexibility index (Phi) is 7.44. The lowest BCUT2D eigenvalue weighted by molar-refractivity contribution is 0.0224. The average Bonchev–Trinajstić information content (AvgIpc) is 3.36. The Balaban J connectivity index is 1.52. The fourth-order valence-electron chi connectivity index (χ4n) is 6.72. The molecule has 0 amide bonds. The van der Waals surface area contributed by atoms with Gasteiger partial charge in [-0.25, -0.2) is 4.79 Å².